The molecule has 1 aliphatic heterocycles. The van der Waals surface area contributed by atoms with Gasteiger partial charge in [-0.3, -0.25) is 0 Å². The Bertz CT molecular complexity index is 491. The van der Waals surface area contributed by atoms with Gasteiger partial charge < -0.3 is 5.43 Å². The monoisotopic (exact) mass is 324 g/mol. The SMILES string of the molecule is CC1SCC(c2nc(NN)cc(C3CCCC3)n2)SC1C. The summed E-state index contributed by atoms with van der Waals surface area (Å²) in [6, 6.07) is 2.03. The van der Waals surface area contributed by atoms with Crippen LogP contribution in [0.25, 0.3) is 0 Å². The van der Waals surface area contributed by atoms with Crippen LogP contribution >= 0.6 is 23.5 Å². The molecule has 3 rings (SSSR count). The molecule has 0 radical (unpaired) electrons. The summed E-state index contributed by atoms with van der Waals surface area (Å²) in [6.45, 7) is 4.61. The van der Waals surface area contributed by atoms with Crippen LogP contribution in [0.2, 0.25) is 0 Å². The predicted molar refractivity (Wildman–Crippen MR) is 92.8 cm³/mol. The van der Waals surface area contributed by atoms with Gasteiger partial charge in [-0.2, -0.15) is 11.8 Å². The normalized spacial score (nSPS) is 30.5. The molecule has 0 aromatic carbocycles. The summed E-state index contributed by atoms with van der Waals surface area (Å²) in [6.07, 6.45) is 5.14. The first-order valence-electron chi connectivity index (χ1n) is 7.80. The molecule has 116 valence electrons. The van der Waals surface area contributed by atoms with E-state index in [4.69, 9.17) is 10.8 Å². The molecule has 1 aromatic rings. The number of thioether (sulfide) groups is 2. The van der Waals surface area contributed by atoms with Crippen molar-refractivity contribution in [1.82, 2.24) is 9.97 Å². The lowest BCUT2D eigenvalue weighted by atomic mass is 10.0. The lowest BCUT2D eigenvalue weighted by Gasteiger charge is -2.30. The van der Waals surface area contributed by atoms with Crippen molar-refractivity contribution in [3.05, 3.63) is 17.6 Å². The van der Waals surface area contributed by atoms with Crippen LogP contribution in [0.15, 0.2) is 6.07 Å². The molecule has 1 saturated carbocycles. The van der Waals surface area contributed by atoms with Crippen molar-refractivity contribution in [2.75, 3.05) is 11.2 Å². The fraction of sp³-hybridized carbons (Fsp3) is 0.733. The fourth-order valence-electron chi connectivity index (χ4n) is 3.05. The van der Waals surface area contributed by atoms with Crippen molar-refractivity contribution < 1.29 is 0 Å². The minimum Gasteiger partial charge on any atom is -0.308 e. The average Bonchev–Trinajstić information content (AvgIpc) is 3.04. The summed E-state index contributed by atoms with van der Waals surface area (Å²) < 4.78 is 0. The second-order valence-electron chi connectivity index (χ2n) is 6.03. The number of nitrogen functional groups attached to an aromatic ring is 1. The molecule has 1 saturated heterocycles. The van der Waals surface area contributed by atoms with Gasteiger partial charge in [-0.15, -0.1) is 11.8 Å². The molecule has 3 N–H and O–H groups in total. The summed E-state index contributed by atoms with van der Waals surface area (Å²) >= 11 is 4.03. The van der Waals surface area contributed by atoms with Crippen LogP contribution < -0.4 is 11.3 Å². The summed E-state index contributed by atoms with van der Waals surface area (Å²) in [5.41, 5.74) is 3.91. The van der Waals surface area contributed by atoms with E-state index in [2.05, 4.69) is 24.3 Å². The quantitative estimate of drug-likeness (QED) is 0.652. The third-order valence-corrected chi connectivity index (χ3v) is 7.91. The zero-order valence-electron chi connectivity index (χ0n) is 12.7. The smallest absolute Gasteiger partial charge is 0.144 e. The summed E-state index contributed by atoms with van der Waals surface area (Å²) in [4.78, 5) is 9.53. The van der Waals surface area contributed by atoms with Crippen LogP contribution in [0.3, 0.4) is 0 Å². The molecule has 2 aliphatic rings. The summed E-state index contributed by atoms with van der Waals surface area (Å²) in [7, 11) is 0. The van der Waals surface area contributed by atoms with Gasteiger partial charge >= 0.3 is 0 Å². The first-order valence-corrected chi connectivity index (χ1v) is 9.79. The van der Waals surface area contributed by atoms with Gasteiger partial charge in [0.2, 0.25) is 0 Å². The first kappa shape index (κ1) is 15.4. The largest absolute Gasteiger partial charge is 0.308 e. The number of rotatable bonds is 3. The second-order valence-corrected chi connectivity index (χ2v) is 9.03. The standard InChI is InChI=1S/C15H24N4S2/c1-9-10(2)21-13(8-20-9)15-17-12(7-14(18-15)19-16)11-5-3-4-6-11/h7,9-11,13H,3-6,8,16H2,1-2H3,(H,17,18,19). The number of nitrogens with one attached hydrogen (secondary N) is 1. The van der Waals surface area contributed by atoms with Crippen molar-refractivity contribution in [3.63, 3.8) is 0 Å². The van der Waals surface area contributed by atoms with Crippen LogP contribution in [0.4, 0.5) is 5.82 Å². The van der Waals surface area contributed by atoms with Crippen molar-refractivity contribution in [2.24, 2.45) is 5.84 Å². The van der Waals surface area contributed by atoms with Gasteiger partial charge in [-0.1, -0.05) is 26.7 Å². The van der Waals surface area contributed by atoms with Gasteiger partial charge in [-0.25, -0.2) is 15.8 Å². The molecule has 0 spiro atoms. The van der Waals surface area contributed by atoms with E-state index in [-0.39, 0.29) is 0 Å². The third kappa shape index (κ3) is 3.48. The number of hydrogen-bond donors (Lipinski definition) is 2. The molecule has 6 heteroatoms. The minimum absolute atomic E-state index is 0.384. The summed E-state index contributed by atoms with van der Waals surface area (Å²) in [5.74, 6) is 9.02. The van der Waals surface area contributed by atoms with Gasteiger partial charge in [0.25, 0.3) is 0 Å². The number of hydrazine groups is 1. The predicted octanol–water partition coefficient (Wildman–Crippen LogP) is 3.72. The minimum atomic E-state index is 0.384. The van der Waals surface area contributed by atoms with Crippen LogP contribution in [0.5, 0.6) is 0 Å². The third-order valence-electron chi connectivity index (χ3n) is 4.52. The number of nitrogens with two attached hydrogens (primary N) is 1. The average molecular weight is 325 g/mol. The van der Waals surface area contributed by atoms with Gasteiger partial charge in [-0.05, 0) is 12.8 Å². The molecule has 1 aliphatic carbocycles. The van der Waals surface area contributed by atoms with Crippen LogP contribution in [0.1, 0.15) is 62.2 Å². The Kier molecular flexibility index (Phi) is 4.96. The molecule has 3 atom stereocenters. The molecule has 2 heterocycles. The highest BCUT2D eigenvalue weighted by molar-refractivity contribution is 8.07. The Morgan fingerprint density at radius 2 is 1.95 bits per heavy atom. The van der Waals surface area contributed by atoms with Crippen molar-refractivity contribution in [3.8, 4) is 0 Å². The maximum atomic E-state index is 5.61. The van der Waals surface area contributed by atoms with Gasteiger partial charge in [0.05, 0.1) is 5.25 Å². The number of aromatic nitrogens is 2. The maximum absolute atomic E-state index is 5.61. The van der Waals surface area contributed by atoms with E-state index in [0.717, 1.165) is 17.4 Å². The van der Waals surface area contributed by atoms with Crippen molar-refractivity contribution in [2.45, 2.75) is 61.2 Å². The van der Waals surface area contributed by atoms with Crippen LogP contribution in [-0.2, 0) is 0 Å². The van der Waals surface area contributed by atoms with Gasteiger partial charge in [0, 0.05) is 33.9 Å². The Balaban J connectivity index is 1.85. The second kappa shape index (κ2) is 6.75. The molecular weight excluding hydrogens is 300 g/mol. The molecular formula is C15H24N4S2. The van der Waals surface area contributed by atoms with Crippen LogP contribution in [0, 0.1) is 0 Å². The van der Waals surface area contributed by atoms with Crippen molar-refractivity contribution in [1.29, 1.82) is 0 Å². The Hall–Kier alpha value is -0.460. The lowest BCUT2D eigenvalue weighted by molar-refractivity contribution is 0.683. The van der Waals surface area contributed by atoms with Gasteiger partial charge in [0.15, 0.2) is 0 Å². The molecule has 1 aromatic heterocycles. The molecule has 2 fully saturated rings. The number of nitrogens with zero attached hydrogens (tertiary/aromatic N) is 2. The summed E-state index contributed by atoms with van der Waals surface area (Å²) in [5, 5.41) is 1.73. The van der Waals surface area contributed by atoms with E-state index in [0.29, 0.717) is 21.7 Å². The highest BCUT2D eigenvalue weighted by Crippen LogP contribution is 2.44. The topological polar surface area (TPSA) is 63.8 Å². The van der Waals surface area contributed by atoms with E-state index in [1.807, 2.05) is 29.6 Å². The highest BCUT2D eigenvalue weighted by atomic mass is 32.2. The Morgan fingerprint density at radius 3 is 2.62 bits per heavy atom. The zero-order chi connectivity index (χ0) is 14.8. The van der Waals surface area contributed by atoms with Gasteiger partial charge in [0.1, 0.15) is 11.6 Å². The Labute approximate surface area is 135 Å². The highest BCUT2D eigenvalue weighted by Gasteiger charge is 2.29. The lowest BCUT2D eigenvalue weighted by Crippen LogP contribution is -2.24. The molecule has 0 bridgehead atoms. The molecule has 21 heavy (non-hydrogen) atoms. The zero-order valence-corrected chi connectivity index (χ0v) is 14.3. The number of anilines is 1. The molecule has 3 unspecified atom stereocenters. The van der Waals surface area contributed by atoms with Crippen LogP contribution in [-0.4, -0.2) is 26.2 Å². The van der Waals surface area contributed by atoms with E-state index in [1.54, 1.807) is 0 Å². The number of hydrogen-bond acceptors (Lipinski definition) is 6. The fourth-order valence-corrected chi connectivity index (χ4v) is 5.90. The van der Waals surface area contributed by atoms with E-state index in [9.17, 15) is 0 Å². The van der Waals surface area contributed by atoms with E-state index < -0.39 is 0 Å². The van der Waals surface area contributed by atoms with E-state index >= 15 is 0 Å². The van der Waals surface area contributed by atoms with Crippen molar-refractivity contribution >= 4 is 29.3 Å². The first-order chi connectivity index (χ1) is 10.2. The Morgan fingerprint density at radius 1 is 1.19 bits per heavy atom. The molecule has 4 nitrogen and oxygen atoms in total. The van der Waals surface area contributed by atoms with E-state index in [1.165, 1.54) is 31.4 Å². The molecule has 0 amide bonds. The maximum Gasteiger partial charge on any atom is 0.144 e.